The minimum absolute atomic E-state index is 0.172. The van der Waals surface area contributed by atoms with Crippen molar-refractivity contribution in [1.82, 2.24) is 4.98 Å². The number of carboxylic acids is 1. The Morgan fingerprint density at radius 2 is 1.85 bits per heavy atom. The van der Waals surface area contributed by atoms with Crippen LogP contribution in [-0.4, -0.2) is 16.1 Å². The Morgan fingerprint density at radius 3 is 2.35 bits per heavy atom. The summed E-state index contributed by atoms with van der Waals surface area (Å²) in [6.07, 6.45) is 0. The molecule has 1 heterocycles. The highest BCUT2D eigenvalue weighted by molar-refractivity contribution is 6.02. The molecular weight excluding hydrogens is 250 g/mol. The molecule has 0 aliphatic rings. The molecule has 1 N–H and O–H groups in total. The Morgan fingerprint density at radius 1 is 1.20 bits per heavy atom. The molecule has 0 saturated heterocycles. The number of aromatic carboxylic acids is 1. The fourth-order valence-corrected chi connectivity index (χ4v) is 2.16. The van der Waals surface area contributed by atoms with Crippen LogP contribution in [0.3, 0.4) is 0 Å². The molecular formula is C17H21NO2. The van der Waals surface area contributed by atoms with Crippen molar-refractivity contribution in [2.24, 2.45) is 0 Å². The molecule has 0 unspecified atom stereocenters. The van der Waals surface area contributed by atoms with E-state index in [4.69, 9.17) is 0 Å². The lowest BCUT2D eigenvalue weighted by Crippen LogP contribution is -2.15. The third-order valence-electron chi connectivity index (χ3n) is 3.50. The second-order valence-electron chi connectivity index (χ2n) is 6.54. The summed E-state index contributed by atoms with van der Waals surface area (Å²) in [5, 5.41) is 10.2. The molecule has 20 heavy (non-hydrogen) atoms. The number of carboxylic acid groups (broad SMARTS) is 1. The van der Waals surface area contributed by atoms with E-state index in [9.17, 15) is 9.90 Å². The third-order valence-corrected chi connectivity index (χ3v) is 3.50. The first-order chi connectivity index (χ1) is 9.20. The Balaban J connectivity index is 2.78. The van der Waals surface area contributed by atoms with Gasteiger partial charge in [-0.1, -0.05) is 40.7 Å². The van der Waals surface area contributed by atoms with Gasteiger partial charge in [-0.15, -0.1) is 0 Å². The number of benzene rings is 1. The highest BCUT2D eigenvalue weighted by Gasteiger charge is 2.20. The van der Waals surface area contributed by atoms with E-state index in [2.05, 4.69) is 18.8 Å². The average molecular weight is 271 g/mol. The van der Waals surface area contributed by atoms with Crippen LogP contribution >= 0.6 is 0 Å². The Bertz CT molecular complexity index is 666. The van der Waals surface area contributed by atoms with Gasteiger partial charge in [0, 0.05) is 16.5 Å². The number of carbonyl (C=O) groups is 1. The summed E-state index contributed by atoms with van der Waals surface area (Å²) < 4.78 is 0. The lowest BCUT2D eigenvalue weighted by atomic mass is 9.89. The van der Waals surface area contributed by atoms with Crippen molar-refractivity contribution in [2.45, 2.75) is 46.0 Å². The first kappa shape index (κ1) is 14.5. The van der Waals surface area contributed by atoms with Crippen LogP contribution in [0, 0.1) is 0 Å². The lowest BCUT2D eigenvalue weighted by molar-refractivity contribution is 0.0699. The maximum Gasteiger partial charge on any atom is 0.336 e. The van der Waals surface area contributed by atoms with Crippen molar-refractivity contribution >= 4 is 16.9 Å². The number of nitrogens with zero attached hydrogens (tertiary/aromatic N) is 1. The molecule has 1 aromatic carbocycles. The van der Waals surface area contributed by atoms with Crippen LogP contribution in [0.4, 0.5) is 0 Å². The monoisotopic (exact) mass is 271 g/mol. The standard InChI is InChI=1S/C17H21NO2/c1-10(2)11-6-7-14-12(8-11)13(16(19)20)9-15(18-14)17(3,4)5/h6-10H,1-5H3,(H,19,20). The van der Waals surface area contributed by atoms with Gasteiger partial charge < -0.3 is 5.11 Å². The van der Waals surface area contributed by atoms with Crippen molar-refractivity contribution < 1.29 is 9.90 Å². The van der Waals surface area contributed by atoms with Crippen LogP contribution in [-0.2, 0) is 5.41 Å². The van der Waals surface area contributed by atoms with E-state index in [0.717, 1.165) is 22.2 Å². The van der Waals surface area contributed by atoms with Gasteiger partial charge in [-0.25, -0.2) is 4.79 Å². The second-order valence-corrected chi connectivity index (χ2v) is 6.54. The fraction of sp³-hybridized carbons (Fsp3) is 0.412. The minimum atomic E-state index is -0.899. The van der Waals surface area contributed by atoms with Gasteiger partial charge in [0.2, 0.25) is 0 Å². The molecule has 0 aliphatic carbocycles. The number of hydrogen-bond acceptors (Lipinski definition) is 2. The first-order valence-corrected chi connectivity index (χ1v) is 6.88. The zero-order valence-electron chi connectivity index (χ0n) is 12.7. The summed E-state index contributed by atoms with van der Waals surface area (Å²) >= 11 is 0. The van der Waals surface area contributed by atoms with Gasteiger partial charge in [-0.2, -0.15) is 0 Å². The SMILES string of the molecule is CC(C)c1ccc2nc(C(C)(C)C)cc(C(=O)O)c2c1. The molecule has 0 aliphatic heterocycles. The van der Waals surface area contributed by atoms with Gasteiger partial charge in [0.25, 0.3) is 0 Å². The summed E-state index contributed by atoms with van der Waals surface area (Å²) in [6.45, 7) is 10.3. The molecule has 2 rings (SSSR count). The largest absolute Gasteiger partial charge is 0.478 e. The molecule has 0 amide bonds. The topological polar surface area (TPSA) is 50.2 Å². The molecule has 3 heteroatoms. The molecule has 0 bridgehead atoms. The minimum Gasteiger partial charge on any atom is -0.478 e. The molecule has 106 valence electrons. The van der Waals surface area contributed by atoms with E-state index >= 15 is 0 Å². The second kappa shape index (κ2) is 4.89. The van der Waals surface area contributed by atoms with Crippen LogP contribution in [0.15, 0.2) is 24.3 Å². The summed E-state index contributed by atoms with van der Waals surface area (Å²) in [5.41, 5.74) is 2.85. The van der Waals surface area contributed by atoms with E-state index in [1.54, 1.807) is 6.07 Å². The average Bonchev–Trinajstić information content (AvgIpc) is 2.35. The van der Waals surface area contributed by atoms with Gasteiger partial charge in [-0.3, -0.25) is 4.98 Å². The van der Waals surface area contributed by atoms with E-state index in [1.807, 2.05) is 39.0 Å². The highest BCUT2D eigenvalue weighted by Crippen LogP contribution is 2.28. The smallest absolute Gasteiger partial charge is 0.336 e. The lowest BCUT2D eigenvalue weighted by Gasteiger charge is -2.19. The van der Waals surface area contributed by atoms with Crippen LogP contribution < -0.4 is 0 Å². The summed E-state index contributed by atoms with van der Waals surface area (Å²) in [5.74, 6) is -0.535. The van der Waals surface area contributed by atoms with Gasteiger partial charge in [0.1, 0.15) is 0 Å². The van der Waals surface area contributed by atoms with Crippen molar-refractivity contribution in [3.05, 3.63) is 41.1 Å². The molecule has 0 fully saturated rings. The normalized spacial score (nSPS) is 12.1. The van der Waals surface area contributed by atoms with E-state index in [1.165, 1.54) is 0 Å². The predicted molar refractivity (Wildman–Crippen MR) is 81.5 cm³/mol. The van der Waals surface area contributed by atoms with Gasteiger partial charge in [0.05, 0.1) is 11.1 Å². The Labute approximate surface area is 119 Å². The highest BCUT2D eigenvalue weighted by atomic mass is 16.4. The van der Waals surface area contributed by atoms with Crippen molar-refractivity contribution in [2.75, 3.05) is 0 Å². The molecule has 0 radical (unpaired) electrons. The first-order valence-electron chi connectivity index (χ1n) is 6.88. The molecule has 0 saturated carbocycles. The van der Waals surface area contributed by atoms with Crippen molar-refractivity contribution in [3.63, 3.8) is 0 Å². The number of pyridine rings is 1. The van der Waals surface area contributed by atoms with E-state index in [0.29, 0.717) is 11.5 Å². The molecule has 1 aromatic heterocycles. The fourth-order valence-electron chi connectivity index (χ4n) is 2.16. The predicted octanol–water partition coefficient (Wildman–Crippen LogP) is 4.35. The number of rotatable bonds is 2. The summed E-state index contributed by atoms with van der Waals surface area (Å²) in [4.78, 5) is 16.2. The van der Waals surface area contributed by atoms with Crippen molar-refractivity contribution in [3.8, 4) is 0 Å². The van der Waals surface area contributed by atoms with Gasteiger partial charge in [0.15, 0.2) is 0 Å². The molecule has 3 nitrogen and oxygen atoms in total. The van der Waals surface area contributed by atoms with E-state index in [-0.39, 0.29) is 5.41 Å². The van der Waals surface area contributed by atoms with E-state index < -0.39 is 5.97 Å². The zero-order valence-corrected chi connectivity index (χ0v) is 12.7. The van der Waals surface area contributed by atoms with Crippen LogP contribution in [0.5, 0.6) is 0 Å². The third kappa shape index (κ3) is 2.67. The molecule has 2 aromatic rings. The maximum absolute atomic E-state index is 11.5. The maximum atomic E-state index is 11.5. The van der Waals surface area contributed by atoms with Gasteiger partial charge in [-0.05, 0) is 29.7 Å². The Kier molecular flexibility index (Phi) is 3.55. The number of hydrogen-bond donors (Lipinski definition) is 1. The van der Waals surface area contributed by atoms with Crippen LogP contribution in [0.1, 0.15) is 62.2 Å². The quantitative estimate of drug-likeness (QED) is 0.883. The Hall–Kier alpha value is -1.90. The number of aromatic nitrogens is 1. The molecule has 0 atom stereocenters. The number of fused-ring (bicyclic) bond motifs is 1. The van der Waals surface area contributed by atoms with Crippen molar-refractivity contribution in [1.29, 1.82) is 0 Å². The zero-order chi connectivity index (χ0) is 15.1. The van der Waals surface area contributed by atoms with Gasteiger partial charge >= 0.3 is 5.97 Å². The van der Waals surface area contributed by atoms with Crippen LogP contribution in [0.25, 0.3) is 10.9 Å². The molecule has 0 spiro atoms. The summed E-state index contributed by atoms with van der Waals surface area (Å²) in [6, 6.07) is 7.60. The summed E-state index contributed by atoms with van der Waals surface area (Å²) in [7, 11) is 0. The van der Waals surface area contributed by atoms with Crippen LogP contribution in [0.2, 0.25) is 0 Å².